The largest absolute Gasteiger partial charge is 0.461 e. The van der Waals surface area contributed by atoms with Gasteiger partial charge in [-0.25, -0.2) is 0 Å². The van der Waals surface area contributed by atoms with E-state index < -0.39 is 35.1 Å². The van der Waals surface area contributed by atoms with Crippen molar-refractivity contribution in [3.8, 4) is 0 Å². The highest BCUT2D eigenvalue weighted by Crippen LogP contribution is 2.37. The number of hydrogen-bond donors (Lipinski definition) is 1. The molecule has 0 aromatic heterocycles. The van der Waals surface area contributed by atoms with Crippen LogP contribution in [-0.4, -0.2) is 28.5 Å². The third kappa shape index (κ3) is 4.06. The molecule has 8 heteroatoms. The molecule has 114 valence electrons. The predicted molar refractivity (Wildman–Crippen MR) is 68.8 cm³/mol. The van der Waals surface area contributed by atoms with Crippen LogP contribution in [0.2, 0.25) is 0 Å². The number of aliphatic hydroxyl groups is 1. The summed E-state index contributed by atoms with van der Waals surface area (Å²) >= 11 is 0. The number of aliphatic hydroxyl groups excluding tert-OH is 1. The molecule has 1 N–H and O–H groups in total. The lowest BCUT2D eigenvalue weighted by molar-refractivity contribution is -0.384. The summed E-state index contributed by atoms with van der Waals surface area (Å²) in [6.07, 6.45) is -2.25. The number of alkyl halides is 2. The van der Waals surface area contributed by atoms with Crippen LogP contribution in [0, 0.1) is 10.1 Å². The van der Waals surface area contributed by atoms with Crippen molar-refractivity contribution >= 4 is 11.7 Å². The summed E-state index contributed by atoms with van der Waals surface area (Å²) in [5.41, 5.74) is -1.27. The second-order valence-corrected chi connectivity index (χ2v) is 4.26. The smallest absolute Gasteiger partial charge is 0.302 e. The van der Waals surface area contributed by atoms with E-state index in [0.717, 1.165) is 31.2 Å². The van der Waals surface area contributed by atoms with Gasteiger partial charge in [0.15, 0.2) is 0 Å². The number of carbonyl (C=O) groups excluding carboxylic acids is 1. The number of non-ortho nitro benzene ring substituents is 1. The van der Waals surface area contributed by atoms with Crippen molar-refractivity contribution in [2.45, 2.75) is 19.0 Å². The fraction of sp³-hybridized carbons (Fsp3) is 0.308. The lowest BCUT2D eigenvalue weighted by Gasteiger charge is -2.24. The van der Waals surface area contributed by atoms with Crippen LogP contribution in [0.1, 0.15) is 18.6 Å². The first-order valence-electron chi connectivity index (χ1n) is 5.78. The molecule has 6 nitrogen and oxygen atoms in total. The Balaban J connectivity index is 2.88. The minimum Gasteiger partial charge on any atom is -0.461 e. The summed E-state index contributed by atoms with van der Waals surface area (Å²) in [5.74, 6) is -4.50. The van der Waals surface area contributed by atoms with E-state index in [-0.39, 0.29) is 11.3 Å². The van der Waals surface area contributed by atoms with Crippen molar-refractivity contribution in [1.29, 1.82) is 0 Å². The first-order valence-corrected chi connectivity index (χ1v) is 5.78. The number of rotatable bonds is 6. The first kappa shape index (κ1) is 16.7. The second kappa shape index (κ2) is 6.40. The highest BCUT2D eigenvalue weighted by atomic mass is 19.3. The zero-order chi connectivity index (χ0) is 16.2. The molecular weight excluding hydrogens is 288 g/mol. The number of halogens is 2. The Hall–Kier alpha value is -2.35. The molecule has 0 saturated carbocycles. The van der Waals surface area contributed by atoms with Crippen LogP contribution >= 0.6 is 0 Å². The Bertz CT molecular complexity index is 556. The number of carbonyl (C=O) groups is 1. The minimum atomic E-state index is -3.74. The highest BCUT2D eigenvalue weighted by molar-refractivity contribution is 5.66. The molecule has 0 aliphatic rings. The topological polar surface area (TPSA) is 89.7 Å². The zero-order valence-corrected chi connectivity index (χ0v) is 11.1. The van der Waals surface area contributed by atoms with E-state index >= 15 is 0 Å². The van der Waals surface area contributed by atoms with Crippen LogP contribution in [0.15, 0.2) is 36.4 Å². The average Bonchev–Trinajstić information content (AvgIpc) is 2.43. The number of nitro benzene ring substituents is 1. The maximum absolute atomic E-state index is 13.9. The highest BCUT2D eigenvalue weighted by Gasteiger charge is 2.42. The Morgan fingerprint density at radius 3 is 2.43 bits per heavy atom. The van der Waals surface area contributed by atoms with E-state index in [1.807, 2.05) is 0 Å². The summed E-state index contributed by atoms with van der Waals surface area (Å²) < 4.78 is 32.3. The molecule has 21 heavy (non-hydrogen) atoms. The van der Waals surface area contributed by atoms with Gasteiger partial charge in [-0.05, 0) is 17.7 Å². The van der Waals surface area contributed by atoms with Gasteiger partial charge < -0.3 is 9.84 Å². The third-order valence-electron chi connectivity index (χ3n) is 2.68. The van der Waals surface area contributed by atoms with Crippen LogP contribution < -0.4 is 0 Å². The van der Waals surface area contributed by atoms with Gasteiger partial charge in [0.2, 0.25) is 0 Å². The molecule has 0 spiro atoms. The predicted octanol–water partition coefficient (Wildman–Crippen LogP) is 2.38. The van der Waals surface area contributed by atoms with Gasteiger partial charge in [-0.1, -0.05) is 6.58 Å². The Morgan fingerprint density at radius 1 is 1.48 bits per heavy atom. The number of nitrogens with zero attached hydrogens (tertiary/aromatic N) is 1. The fourth-order valence-corrected chi connectivity index (χ4v) is 1.47. The fourth-order valence-electron chi connectivity index (χ4n) is 1.47. The summed E-state index contributed by atoms with van der Waals surface area (Å²) in [6.45, 7) is 3.42. The average molecular weight is 301 g/mol. The van der Waals surface area contributed by atoms with Gasteiger partial charge in [0.1, 0.15) is 12.7 Å². The molecule has 0 radical (unpaired) electrons. The van der Waals surface area contributed by atoms with Crippen molar-refractivity contribution < 1.29 is 28.3 Å². The van der Waals surface area contributed by atoms with Crippen molar-refractivity contribution in [2.24, 2.45) is 0 Å². The molecule has 0 aliphatic carbocycles. The van der Waals surface area contributed by atoms with E-state index in [4.69, 9.17) is 0 Å². The lowest BCUT2D eigenvalue weighted by atomic mass is 9.98. The standard InChI is InChI=1S/C13H13F2NO5/c1-8(7-21-9(2)17)13(14,15)12(18)10-3-5-11(6-4-10)16(19)20/h3-6,12,18H,1,7H2,2H3. The van der Waals surface area contributed by atoms with Gasteiger partial charge in [0.05, 0.1) is 4.92 Å². The number of hydrogen-bond acceptors (Lipinski definition) is 5. The number of esters is 1. The molecule has 0 fully saturated rings. The summed E-state index contributed by atoms with van der Waals surface area (Å²) in [6, 6.07) is 4.05. The maximum atomic E-state index is 13.9. The zero-order valence-electron chi connectivity index (χ0n) is 11.1. The number of benzene rings is 1. The van der Waals surface area contributed by atoms with Crippen molar-refractivity contribution in [3.05, 3.63) is 52.1 Å². The third-order valence-corrected chi connectivity index (χ3v) is 2.68. The van der Waals surface area contributed by atoms with Crippen LogP contribution in [0.5, 0.6) is 0 Å². The minimum absolute atomic E-state index is 0.213. The van der Waals surface area contributed by atoms with E-state index in [1.165, 1.54) is 0 Å². The van der Waals surface area contributed by atoms with Crippen molar-refractivity contribution in [2.75, 3.05) is 6.61 Å². The van der Waals surface area contributed by atoms with E-state index in [2.05, 4.69) is 11.3 Å². The monoisotopic (exact) mass is 301 g/mol. The molecule has 0 heterocycles. The molecule has 0 saturated heterocycles. The first-order chi connectivity index (χ1) is 9.66. The van der Waals surface area contributed by atoms with Gasteiger partial charge >= 0.3 is 11.9 Å². The molecule has 0 bridgehead atoms. The van der Waals surface area contributed by atoms with E-state index in [9.17, 15) is 28.8 Å². The summed E-state index contributed by atoms with van der Waals surface area (Å²) in [5, 5.41) is 20.2. The van der Waals surface area contributed by atoms with Gasteiger partial charge in [-0.2, -0.15) is 8.78 Å². The van der Waals surface area contributed by atoms with Gasteiger partial charge in [-0.3, -0.25) is 14.9 Å². The van der Waals surface area contributed by atoms with Crippen LogP contribution in [-0.2, 0) is 9.53 Å². The Kier molecular flexibility index (Phi) is 5.09. The van der Waals surface area contributed by atoms with Crippen LogP contribution in [0.3, 0.4) is 0 Å². The number of nitro groups is 1. The summed E-state index contributed by atoms with van der Waals surface area (Å²) in [7, 11) is 0. The van der Waals surface area contributed by atoms with Crippen LogP contribution in [0.25, 0.3) is 0 Å². The lowest BCUT2D eigenvalue weighted by Crippen LogP contribution is -2.30. The quantitative estimate of drug-likeness (QED) is 0.377. The van der Waals surface area contributed by atoms with Crippen molar-refractivity contribution in [3.63, 3.8) is 0 Å². The SMILES string of the molecule is C=C(COC(C)=O)C(F)(F)C(O)c1ccc([N+](=O)[O-])cc1. The molecular formula is C13H13F2NO5. The molecule has 0 amide bonds. The molecule has 1 atom stereocenters. The van der Waals surface area contributed by atoms with Crippen molar-refractivity contribution in [1.82, 2.24) is 0 Å². The van der Waals surface area contributed by atoms with E-state index in [0.29, 0.717) is 0 Å². The number of ether oxygens (including phenoxy) is 1. The van der Waals surface area contributed by atoms with Crippen LogP contribution in [0.4, 0.5) is 14.5 Å². The molecule has 1 aromatic carbocycles. The molecule has 1 unspecified atom stereocenters. The van der Waals surface area contributed by atoms with Gasteiger partial charge in [-0.15, -0.1) is 0 Å². The van der Waals surface area contributed by atoms with E-state index in [1.54, 1.807) is 0 Å². The summed E-state index contributed by atoms with van der Waals surface area (Å²) in [4.78, 5) is 20.4. The van der Waals surface area contributed by atoms with Gasteiger partial charge in [0, 0.05) is 24.6 Å². The second-order valence-electron chi connectivity index (χ2n) is 4.26. The Labute approximate surface area is 118 Å². The Morgan fingerprint density at radius 2 is 2.00 bits per heavy atom. The molecule has 0 aliphatic heterocycles. The van der Waals surface area contributed by atoms with Gasteiger partial charge in [0.25, 0.3) is 5.69 Å². The maximum Gasteiger partial charge on any atom is 0.302 e. The molecule has 1 aromatic rings. The normalized spacial score (nSPS) is 12.6. The molecule has 1 rings (SSSR count).